The van der Waals surface area contributed by atoms with E-state index < -0.39 is 11.8 Å². The molecule has 3 heterocycles. The molecule has 32 heavy (non-hydrogen) atoms. The molecule has 0 fully saturated rings. The maximum atomic E-state index is 14.9. The first-order valence-electron chi connectivity index (χ1n) is 9.74. The maximum Gasteiger partial charge on any atom is 0.340 e. The van der Waals surface area contributed by atoms with E-state index in [0.717, 1.165) is 11.1 Å². The second-order valence-corrected chi connectivity index (χ2v) is 7.60. The van der Waals surface area contributed by atoms with E-state index in [1.165, 1.54) is 19.2 Å². The Balaban J connectivity index is 1.90. The summed E-state index contributed by atoms with van der Waals surface area (Å²) in [5, 5.41) is 0.620. The molecule has 0 amide bonds. The number of methoxy groups -OCH3 is 1. The van der Waals surface area contributed by atoms with E-state index in [0.29, 0.717) is 38.6 Å². The first-order valence-corrected chi connectivity index (χ1v) is 10.1. The summed E-state index contributed by atoms with van der Waals surface area (Å²) in [6.45, 7) is 1.79. The Labute approximate surface area is 187 Å². The van der Waals surface area contributed by atoms with E-state index >= 15 is 0 Å². The first kappa shape index (κ1) is 20.1. The van der Waals surface area contributed by atoms with Crippen molar-refractivity contribution in [3.8, 4) is 16.8 Å². The third-order valence-corrected chi connectivity index (χ3v) is 5.66. The Hall–Kier alpha value is -3.84. The number of imidazole rings is 1. The van der Waals surface area contributed by atoms with Crippen molar-refractivity contribution in [2.24, 2.45) is 0 Å². The molecule has 0 N–H and O–H groups in total. The average molecular weight is 447 g/mol. The fourth-order valence-corrected chi connectivity index (χ4v) is 4.14. The molecule has 5 rings (SSSR count). The van der Waals surface area contributed by atoms with Gasteiger partial charge in [-0.25, -0.2) is 14.2 Å². The monoisotopic (exact) mass is 446 g/mol. The number of carbonyl (C=O) groups excluding carboxylic acids is 1. The van der Waals surface area contributed by atoms with Crippen molar-refractivity contribution < 1.29 is 13.9 Å². The van der Waals surface area contributed by atoms with Crippen molar-refractivity contribution in [2.75, 3.05) is 7.11 Å². The summed E-state index contributed by atoms with van der Waals surface area (Å²) < 4.78 is 21.8. The molecule has 2 aromatic carbocycles. The van der Waals surface area contributed by atoms with Crippen molar-refractivity contribution in [3.63, 3.8) is 0 Å². The summed E-state index contributed by atoms with van der Waals surface area (Å²) in [4.78, 5) is 25.6. The van der Waals surface area contributed by atoms with E-state index in [9.17, 15) is 9.18 Å². The van der Waals surface area contributed by atoms with Crippen molar-refractivity contribution >= 4 is 39.5 Å². The molecule has 0 aliphatic carbocycles. The molecule has 0 spiro atoms. The third-order valence-electron chi connectivity index (χ3n) is 5.36. The number of benzene rings is 2. The van der Waals surface area contributed by atoms with Crippen LogP contribution >= 0.6 is 11.6 Å². The van der Waals surface area contributed by atoms with Crippen LogP contribution in [0.15, 0.2) is 61.1 Å². The molecular weight excluding hydrogens is 431 g/mol. The zero-order valence-corrected chi connectivity index (χ0v) is 17.9. The Morgan fingerprint density at radius 2 is 1.81 bits per heavy atom. The van der Waals surface area contributed by atoms with E-state index in [1.807, 2.05) is 18.2 Å². The van der Waals surface area contributed by atoms with Gasteiger partial charge in [-0.3, -0.25) is 14.5 Å². The van der Waals surface area contributed by atoms with Gasteiger partial charge in [0, 0.05) is 18.6 Å². The summed E-state index contributed by atoms with van der Waals surface area (Å²) in [6.07, 6.45) is 4.92. The van der Waals surface area contributed by atoms with Crippen LogP contribution in [-0.4, -0.2) is 32.6 Å². The molecule has 0 saturated heterocycles. The molecular formula is C24H16ClFN4O2. The van der Waals surface area contributed by atoms with Crippen molar-refractivity contribution in [3.05, 3.63) is 83.3 Å². The molecule has 3 aromatic heterocycles. The summed E-state index contributed by atoms with van der Waals surface area (Å²) in [5.74, 6) is -0.388. The predicted molar refractivity (Wildman–Crippen MR) is 121 cm³/mol. The summed E-state index contributed by atoms with van der Waals surface area (Å²) in [6, 6.07) is 11.8. The molecule has 5 aromatic rings. The number of hydrogen-bond acceptors (Lipinski definition) is 5. The minimum atomic E-state index is -0.510. The van der Waals surface area contributed by atoms with E-state index in [4.69, 9.17) is 16.3 Å². The van der Waals surface area contributed by atoms with Gasteiger partial charge in [-0.2, -0.15) is 0 Å². The number of ether oxygens (including phenoxy) is 1. The van der Waals surface area contributed by atoms with Crippen LogP contribution in [-0.2, 0) is 4.74 Å². The average Bonchev–Trinajstić information content (AvgIpc) is 3.16. The third kappa shape index (κ3) is 3.09. The van der Waals surface area contributed by atoms with Gasteiger partial charge in [0.2, 0.25) is 0 Å². The Bertz CT molecular complexity index is 1520. The van der Waals surface area contributed by atoms with Gasteiger partial charge < -0.3 is 4.74 Å². The number of esters is 1. The second-order valence-electron chi connectivity index (χ2n) is 7.20. The Morgan fingerprint density at radius 1 is 1.03 bits per heavy atom. The van der Waals surface area contributed by atoms with Crippen LogP contribution in [0.3, 0.4) is 0 Å². The molecule has 0 radical (unpaired) electrons. The second kappa shape index (κ2) is 7.69. The lowest BCUT2D eigenvalue weighted by Crippen LogP contribution is -2.04. The minimum absolute atomic E-state index is 0.274. The molecule has 158 valence electrons. The predicted octanol–water partition coefficient (Wildman–Crippen LogP) is 5.52. The maximum absolute atomic E-state index is 14.9. The SMILES string of the molecule is COC(=O)c1cc(-c2ccncc2)cc2c1nc(C)n2-c1ccnc2c(Cl)ccc(F)c12. The van der Waals surface area contributed by atoms with Crippen molar-refractivity contribution in [2.45, 2.75) is 6.92 Å². The molecule has 6 nitrogen and oxygen atoms in total. The van der Waals surface area contributed by atoms with Crippen molar-refractivity contribution in [1.82, 2.24) is 19.5 Å². The first-order chi connectivity index (χ1) is 15.5. The van der Waals surface area contributed by atoms with Gasteiger partial charge in [0.15, 0.2) is 0 Å². The summed E-state index contributed by atoms with van der Waals surface area (Å²) >= 11 is 6.29. The number of halogens is 2. The largest absolute Gasteiger partial charge is 0.465 e. The number of carbonyl (C=O) groups is 1. The molecule has 8 heteroatoms. The molecule has 0 aliphatic rings. The van der Waals surface area contributed by atoms with Gasteiger partial charge in [-0.05, 0) is 60.5 Å². The van der Waals surface area contributed by atoms with Crippen LogP contribution in [0.4, 0.5) is 4.39 Å². The lowest BCUT2D eigenvalue weighted by molar-refractivity contribution is 0.0603. The molecule has 0 aliphatic heterocycles. The number of hydrogen-bond donors (Lipinski definition) is 0. The van der Waals surface area contributed by atoms with Crippen LogP contribution in [0.2, 0.25) is 5.02 Å². The number of fused-ring (bicyclic) bond motifs is 2. The van der Waals surface area contributed by atoms with Crippen LogP contribution in [0, 0.1) is 12.7 Å². The van der Waals surface area contributed by atoms with E-state index in [1.54, 1.807) is 42.2 Å². The van der Waals surface area contributed by atoms with Gasteiger partial charge in [-0.15, -0.1) is 0 Å². The van der Waals surface area contributed by atoms with Gasteiger partial charge >= 0.3 is 5.97 Å². The number of pyridine rings is 2. The van der Waals surface area contributed by atoms with E-state index in [-0.39, 0.29) is 5.39 Å². The van der Waals surface area contributed by atoms with Crippen LogP contribution in [0.1, 0.15) is 16.2 Å². The van der Waals surface area contributed by atoms with Crippen molar-refractivity contribution in [1.29, 1.82) is 0 Å². The number of aromatic nitrogens is 4. The standard InChI is InChI=1S/C24H16ClFN4O2/c1-13-29-22-16(24(31)32-2)11-15(14-5-8-27-9-6-14)12-20(22)30(13)19-7-10-28-23-17(25)3-4-18(26)21(19)23/h3-12H,1-2H3. The minimum Gasteiger partial charge on any atom is -0.465 e. The van der Waals surface area contributed by atoms with Gasteiger partial charge in [0.05, 0.1) is 39.8 Å². The Kier molecular flexibility index (Phi) is 4.83. The van der Waals surface area contributed by atoms with Crippen LogP contribution in [0.25, 0.3) is 38.8 Å². The van der Waals surface area contributed by atoms with E-state index in [2.05, 4.69) is 15.0 Å². The quantitative estimate of drug-likeness (QED) is 0.341. The number of aryl methyl sites for hydroxylation is 1. The highest BCUT2D eigenvalue weighted by Crippen LogP contribution is 2.34. The lowest BCUT2D eigenvalue weighted by atomic mass is 10.0. The number of rotatable bonds is 3. The molecule has 0 saturated carbocycles. The summed E-state index contributed by atoms with van der Waals surface area (Å²) in [7, 11) is 1.32. The zero-order valence-electron chi connectivity index (χ0n) is 17.1. The van der Waals surface area contributed by atoms with Crippen LogP contribution in [0.5, 0.6) is 0 Å². The fourth-order valence-electron chi connectivity index (χ4n) is 3.94. The highest BCUT2D eigenvalue weighted by molar-refractivity contribution is 6.35. The number of nitrogens with zero attached hydrogens (tertiary/aromatic N) is 4. The van der Waals surface area contributed by atoms with Gasteiger partial charge in [-0.1, -0.05) is 11.6 Å². The zero-order chi connectivity index (χ0) is 22.4. The molecule has 0 atom stereocenters. The van der Waals surface area contributed by atoms with Gasteiger partial charge in [0.25, 0.3) is 0 Å². The highest BCUT2D eigenvalue weighted by atomic mass is 35.5. The Morgan fingerprint density at radius 3 is 2.56 bits per heavy atom. The summed E-state index contributed by atoms with van der Waals surface area (Å²) in [5.41, 5.74) is 3.92. The topological polar surface area (TPSA) is 69.9 Å². The highest BCUT2D eigenvalue weighted by Gasteiger charge is 2.22. The van der Waals surface area contributed by atoms with Gasteiger partial charge in [0.1, 0.15) is 17.2 Å². The van der Waals surface area contributed by atoms with Crippen LogP contribution < -0.4 is 0 Å². The molecule has 0 bridgehead atoms. The fraction of sp³-hybridized carbons (Fsp3) is 0.0833. The lowest BCUT2D eigenvalue weighted by Gasteiger charge is -2.13. The normalized spacial score (nSPS) is 11.2. The molecule has 0 unspecified atom stereocenters. The smallest absolute Gasteiger partial charge is 0.340 e.